The number of hydrogen-bond acceptors (Lipinski definition) is 1. The molecule has 3 rings (SSSR count). The minimum atomic E-state index is 0.863. The van der Waals surface area contributed by atoms with Crippen LogP contribution in [0.25, 0.3) is 0 Å². The second-order valence-electron chi connectivity index (χ2n) is 7.83. The van der Waals surface area contributed by atoms with Crippen molar-refractivity contribution in [1.82, 2.24) is 5.32 Å². The molecule has 0 aromatic rings. The van der Waals surface area contributed by atoms with Crippen LogP contribution < -0.4 is 5.32 Å². The highest BCUT2D eigenvalue weighted by atomic mass is 14.9. The zero-order valence-electron chi connectivity index (χ0n) is 12.9. The van der Waals surface area contributed by atoms with E-state index in [-0.39, 0.29) is 0 Å². The van der Waals surface area contributed by atoms with Crippen molar-refractivity contribution in [1.29, 1.82) is 0 Å². The van der Waals surface area contributed by atoms with Crippen molar-refractivity contribution >= 4 is 0 Å². The molecule has 3 fully saturated rings. The Bertz CT molecular complexity index is 263. The molecule has 0 amide bonds. The molecule has 0 bridgehead atoms. The first-order chi connectivity index (χ1) is 9.31. The first-order valence-corrected chi connectivity index (χ1v) is 9.04. The van der Waals surface area contributed by atoms with Crippen LogP contribution in [0.15, 0.2) is 0 Å². The van der Waals surface area contributed by atoms with E-state index in [4.69, 9.17) is 0 Å². The molecule has 19 heavy (non-hydrogen) atoms. The van der Waals surface area contributed by atoms with Gasteiger partial charge in [0.05, 0.1) is 0 Å². The van der Waals surface area contributed by atoms with Crippen molar-refractivity contribution in [2.45, 2.75) is 83.6 Å². The highest BCUT2D eigenvalue weighted by molar-refractivity contribution is 4.88. The third kappa shape index (κ3) is 4.21. The Hall–Kier alpha value is -0.0400. The average Bonchev–Trinajstić information content (AvgIpc) is 3.26. The van der Waals surface area contributed by atoms with E-state index in [0.29, 0.717) is 0 Å². The summed E-state index contributed by atoms with van der Waals surface area (Å²) < 4.78 is 0. The summed E-state index contributed by atoms with van der Waals surface area (Å²) in [5, 5.41) is 3.89. The molecule has 1 heteroatoms. The van der Waals surface area contributed by atoms with E-state index in [9.17, 15) is 0 Å². The fraction of sp³-hybridized carbons (Fsp3) is 1.00. The lowest BCUT2D eigenvalue weighted by atomic mass is 9.81. The zero-order valence-corrected chi connectivity index (χ0v) is 12.9. The highest BCUT2D eigenvalue weighted by Gasteiger charge is 2.34. The van der Waals surface area contributed by atoms with Crippen LogP contribution in [0.4, 0.5) is 0 Å². The van der Waals surface area contributed by atoms with Crippen molar-refractivity contribution in [2.24, 2.45) is 23.7 Å². The second-order valence-corrected chi connectivity index (χ2v) is 7.83. The maximum Gasteiger partial charge on any atom is 0.00698 e. The third-order valence-electron chi connectivity index (χ3n) is 6.12. The van der Waals surface area contributed by atoms with Gasteiger partial charge in [0.25, 0.3) is 0 Å². The van der Waals surface area contributed by atoms with E-state index in [2.05, 4.69) is 12.2 Å². The molecule has 3 aliphatic rings. The van der Waals surface area contributed by atoms with Crippen molar-refractivity contribution in [3.63, 3.8) is 0 Å². The van der Waals surface area contributed by atoms with Gasteiger partial charge in [-0.25, -0.2) is 0 Å². The van der Waals surface area contributed by atoms with Gasteiger partial charge in [-0.3, -0.25) is 0 Å². The predicted molar refractivity (Wildman–Crippen MR) is 82.2 cm³/mol. The molecule has 0 aromatic carbocycles. The fourth-order valence-electron chi connectivity index (χ4n) is 4.52. The molecule has 1 nitrogen and oxygen atoms in total. The zero-order chi connectivity index (χ0) is 13.1. The first-order valence-electron chi connectivity index (χ1n) is 9.04. The van der Waals surface area contributed by atoms with Gasteiger partial charge in [-0.05, 0) is 62.3 Å². The van der Waals surface area contributed by atoms with Crippen LogP contribution in [0.5, 0.6) is 0 Å². The van der Waals surface area contributed by atoms with Gasteiger partial charge < -0.3 is 5.32 Å². The molecule has 0 saturated heterocycles. The van der Waals surface area contributed by atoms with Crippen LogP contribution in [-0.4, -0.2) is 12.6 Å². The molecule has 2 unspecified atom stereocenters. The molecule has 3 saturated carbocycles. The van der Waals surface area contributed by atoms with Crippen LogP contribution >= 0.6 is 0 Å². The maximum atomic E-state index is 3.89. The molecule has 0 aromatic heterocycles. The third-order valence-corrected chi connectivity index (χ3v) is 6.12. The van der Waals surface area contributed by atoms with Gasteiger partial charge in [-0.2, -0.15) is 0 Å². The maximum absolute atomic E-state index is 3.89. The lowest BCUT2D eigenvalue weighted by Gasteiger charge is -2.31. The van der Waals surface area contributed by atoms with E-state index < -0.39 is 0 Å². The molecular formula is C18H33N. The van der Waals surface area contributed by atoms with Gasteiger partial charge >= 0.3 is 0 Å². The largest absolute Gasteiger partial charge is 0.314 e. The summed E-state index contributed by atoms with van der Waals surface area (Å²) in [5.74, 6) is 4.25. The van der Waals surface area contributed by atoms with Crippen LogP contribution in [-0.2, 0) is 0 Å². The van der Waals surface area contributed by atoms with Crippen molar-refractivity contribution in [3.05, 3.63) is 0 Å². The average molecular weight is 263 g/mol. The quantitative estimate of drug-likeness (QED) is 0.754. The van der Waals surface area contributed by atoms with Crippen LogP contribution in [0.1, 0.15) is 77.6 Å². The fourth-order valence-corrected chi connectivity index (χ4v) is 4.52. The summed E-state index contributed by atoms with van der Waals surface area (Å²) in [4.78, 5) is 0. The Kier molecular flexibility index (Phi) is 4.84. The van der Waals surface area contributed by atoms with Gasteiger partial charge in [0.2, 0.25) is 0 Å². The molecule has 3 aliphatic carbocycles. The normalized spacial score (nSPS) is 40.3. The number of rotatable bonds is 5. The van der Waals surface area contributed by atoms with E-state index >= 15 is 0 Å². The minimum Gasteiger partial charge on any atom is -0.314 e. The summed E-state index contributed by atoms with van der Waals surface area (Å²) in [5.41, 5.74) is 0. The first kappa shape index (κ1) is 13.9. The summed E-state index contributed by atoms with van der Waals surface area (Å²) in [6.45, 7) is 3.72. The number of nitrogens with one attached hydrogen (secondary N) is 1. The predicted octanol–water partition coefficient (Wildman–Crippen LogP) is 4.76. The molecule has 0 heterocycles. The Morgan fingerprint density at radius 1 is 0.842 bits per heavy atom. The van der Waals surface area contributed by atoms with E-state index in [1.165, 1.54) is 77.2 Å². The lowest BCUT2D eigenvalue weighted by Crippen LogP contribution is -2.36. The van der Waals surface area contributed by atoms with Crippen molar-refractivity contribution in [2.75, 3.05) is 6.54 Å². The SMILES string of the molecule is CC1CCC(CCNC2CCCC(C3CC3)C2)CC1. The highest BCUT2D eigenvalue weighted by Crippen LogP contribution is 2.43. The molecule has 0 radical (unpaired) electrons. The minimum absolute atomic E-state index is 0.863. The lowest BCUT2D eigenvalue weighted by molar-refractivity contribution is 0.242. The Labute approximate surface area is 119 Å². The Morgan fingerprint density at radius 2 is 1.63 bits per heavy atom. The van der Waals surface area contributed by atoms with Gasteiger partial charge in [-0.15, -0.1) is 0 Å². The smallest absolute Gasteiger partial charge is 0.00698 e. The Balaban J connectivity index is 1.31. The Morgan fingerprint density at radius 3 is 2.37 bits per heavy atom. The van der Waals surface area contributed by atoms with Crippen molar-refractivity contribution in [3.8, 4) is 0 Å². The summed E-state index contributed by atoms with van der Waals surface area (Å²) >= 11 is 0. The van der Waals surface area contributed by atoms with E-state index in [0.717, 1.165) is 29.7 Å². The topological polar surface area (TPSA) is 12.0 Å². The molecule has 0 aliphatic heterocycles. The molecule has 110 valence electrons. The summed E-state index contributed by atoms with van der Waals surface area (Å²) in [6, 6.07) is 0.863. The van der Waals surface area contributed by atoms with Crippen LogP contribution in [0.3, 0.4) is 0 Å². The monoisotopic (exact) mass is 263 g/mol. The van der Waals surface area contributed by atoms with Crippen LogP contribution in [0, 0.1) is 23.7 Å². The van der Waals surface area contributed by atoms with Crippen molar-refractivity contribution < 1.29 is 0 Å². The second kappa shape index (κ2) is 6.61. The van der Waals surface area contributed by atoms with Gasteiger partial charge in [-0.1, -0.05) is 45.4 Å². The van der Waals surface area contributed by atoms with E-state index in [1.807, 2.05) is 0 Å². The number of hydrogen-bond donors (Lipinski definition) is 1. The van der Waals surface area contributed by atoms with Gasteiger partial charge in [0.1, 0.15) is 0 Å². The standard InChI is InChI=1S/C18H33N/c1-14-5-7-15(8-6-14)11-12-19-18-4-2-3-17(13-18)16-9-10-16/h14-19H,2-13H2,1H3. The van der Waals surface area contributed by atoms with Gasteiger partial charge in [0, 0.05) is 6.04 Å². The van der Waals surface area contributed by atoms with Crippen LogP contribution in [0.2, 0.25) is 0 Å². The summed E-state index contributed by atoms with van der Waals surface area (Å²) in [6.07, 6.45) is 16.4. The molecule has 0 spiro atoms. The summed E-state index contributed by atoms with van der Waals surface area (Å²) in [7, 11) is 0. The molecular weight excluding hydrogens is 230 g/mol. The van der Waals surface area contributed by atoms with Gasteiger partial charge in [0.15, 0.2) is 0 Å². The van der Waals surface area contributed by atoms with E-state index in [1.54, 1.807) is 0 Å². The molecule has 2 atom stereocenters. The molecule has 1 N–H and O–H groups in total.